The van der Waals surface area contributed by atoms with E-state index in [1.54, 1.807) is 31.4 Å². The fraction of sp³-hybridized carbons (Fsp3) is 0.235. The van der Waals surface area contributed by atoms with Gasteiger partial charge in [0.2, 0.25) is 5.95 Å². The summed E-state index contributed by atoms with van der Waals surface area (Å²) in [4.78, 5) is 13.9. The highest BCUT2D eigenvalue weighted by Crippen LogP contribution is 2.31. The van der Waals surface area contributed by atoms with E-state index in [1.165, 1.54) is 28.2 Å². The Bertz CT molecular complexity index is 1150. The SMILES string of the molecule is CNc1nc(C)c(-c2ccnc(Nc3cccc(CNS(=O)(=O)C(F)(F)F)c3)n2)s1. The lowest BCUT2D eigenvalue weighted by molar-refractivity contribution is -0.0448. The minimum atomic E-state index is -5.41. The van der Waals surface area contributed by atoms with E-state index in [-0.39, 0.29) is 5.95 Å². The normalized spacial score (nSPS) is 12.0. The minimum Gasteiger partial charge on any atom is -0.365 e. The maximum absolute atomic E-state index is 12.4. The zero-order chi connectivity index (χ0) is 21.9. The van der Waals surface area contributed by atoms with E-state index in [2.05, 4.69) is 25.6 Å². The summed E-state index contributed by atoms with van der Waals surface area (Å²) in [7, 11) is -3.64. The number of thiazole rings is 1. The maximum Gasteiger partial charge on any atom is 0.511 e. The highest BCUT2D eigenvalue weighted by molar-refractivity contribution is 7.90. The third kappa shape index (κ3) is 5.04. The largest absolute Gasteiger partial charge is 0.511 e. The predicted molar refractivity (Wildman–Crippen MR) is 109 cm³/mol. The molecule has 3 aromatic rings. The molecule has 0 aliphatic heterocycles. The molecule has 2 aromatic heterocycles. The second-order valence-corrected chi connectivity index (χ2v) is 8.80. The highest BCUT2D eigenvalue weighted by atomic mass is 32.2. The summed E-state index contributed by atoms with van der Waals surface area (Å²) in [6, 6.07) is 7.99. The molecule has 8 nitrogen and oxygen atoms in total. The Morgan fingerprint density at radius 2 is 1.93 bits per heavy atom. The molecule has 3 N–H and O–H groups in total. The smallest absolute Gasteiger partial charge is 0.365 e. The Balaban J connectivity index is 1.76. The number of halogens is 3. The average Bonchev–Trinajstić information content (AvgIpc) is 3.07. The van der Waals surface area contributed by atoms with Gasteiger partial charge in [-0.1, -0.05) is 23.5 Å². The average molecular weight is 458 g/mol. The highest BCUT2D eigenvalue weighted by Gasteiger charge is 2.45. The lowest BCUT2D eigenvalue weighted by Gasteiger charge is -2.11. The molecule has 0 saturated carbocycles. The maximum atomic E-state index is 12.4. The van der Waals surface area contributed by atoms with E-state index in [1.807, 2.05) is 6.92 Å². The monoisotopic (exact) mass is 458 g/mol. The molecular formula is C17H17F3N6O2S2. The van der Waals surface area contributed by atoms with Crippen LogP contribution in [0, 0.1) is 6.92 Å². The van der Waals surface area contributed by atoms with Crippen LogP contribution in [0.4, 0.5) is 29.9 Å². The first-order valence-corrected chi connectivity index (χ1v) is 10.8. The molecule has 0 unspecified atom stereocenters. The number of benzene rings is 1. The molecule has 0 aliphatic rings. The van der Waals surface area contributed by atoms with Crippen LogP contribution in [-0.4, -0.2) is 35.9 Å². The second kappa shape index (κ2) is 8.53. The summed E-state index contributed by atoms with van der Waals surface area (Å²) in [5.41, 5.74) is -3.06. The summed E-state index contributed by atoms with van der Waals surface area (Å²) in [6.07, 6.45) is 1.57. The van der Waals surface area contributed by atoms with Crippen molar-refractivity contribution in [3.63, 3.8) is 0 Å². The first kappa shape index (κ1) is 21.9. The van der Waals surface area contributed by atoms with Crippen LogP contribution in [0.25, 0.3) is 10.6 Å². The van der Waals surface area contributed by atoms with Crippen molar-refractivity contribution in [1.29, 1.82) is 0 Å². The molecule has 160 valence electrons. The van der Waals surface area contributed by atoms with Crippen LogP contribution in [0.3, 0.4) is 0 Å². The summed E-state index contributed by atoms with van der Waals surface area (Å²) < 4.78 is 61.2. The van der Waals surface area contributed by atoms with Crippen LogP contribution in [0.15, 0.2) is 36.5 Å². The van der Waals surface area contributed by atoms with Gasteiger partial charge in [-0.3, -0.25) is 0 Å². The van der Waals surface area contributed by atoms with Gasteiger partial charge in [0.1, 0.15) is 0 Å². The van der Waals surface area contributed by atoms with Crippen LogP contribution in [-0.2, 0) is 16.6 Å². The van der Waals surface area contributed by atoms with Crippen molar-refractivity contribution in [3.8, 4) is 10.6 Å². The Kier molecular flexibility index (Phi) is 6.24. The molecule has 30 heavy (non-hydrogen) atoms. The first-order valence-electron chi connectivity index (χ1n) is 8.49. The molecule has 0 fully saturated rings. The van der Waals surface area contributed by atoms with E-state index in [9.17, 15) is 21.6 Å². The number of aromatic nitrogens is 3. The van der Waals surface area contributed by atoms with Gasteiger partial charge in [-0.15, -0.1) is 0 Å². The summed E-state index contributed by atoms with van der Waals surface area (Å²) in [5.74, 6) is 0.277. The number of hydrogen-bond acceptors (Lipinski definition) is 8. The zero-order valence-electron chi connectivity index (χ0n) is 15.8. The Morgan fingerprint density at radius 3 is 2.60 bits per heavy atom. The fourth-order valence-electron chi connectivity index (χ4n) is 2.43. The third-order valence-corrected chi connectivity index (χ3v) is 6.18. The quantitative estimate of drug-likeness (QED) is 0.496. The summed E-state index contributed by atoms with van der Waals surface area (Å²) >= 11 is 1.44. The van der Waals surface area contributed by atoms with Crippen molar-refractivity contribution in [2.75, 3.05) is 17.7 Å². The van der Waals surface area contributed by atoms with Crippen LogP contribution >= 0.6 is 11.3 Å². The number of hydrogen-bond donors (Lipinski definition) is 3. The summed E-state index contributed by atoms with van der Waals surface area (Å²) in [5, 5.41) is 6.70. The predicted octanol–water partition coefficient (Wildman–Crippen LogP) is 3.63. The molecule has 0 bridgehead atoms. The molecule has 0 spiro atoms. The molecule has 0 radical (unpaired) electrons. The number of nitrogens with zero attached hydrogens (tertiary/aromatic N) is 3. The van der Waals surface area contributed by atoms with Crippen LogP contribution in [0.5, 0.6) is 0 Å². The molecule has 0 atom stereocenters. The van der Waals surface area contributed by atoms with Gasteiger partial charge in [0.15, 0.2) is 5.13 Å². The molecule has 0 aliphatic carbocycles. The van der Waals surface area contributed by atoms with Crippen molar-refractivity contribution >= 4 is 38.1 Å². The molecule has 2 heterocycles. The van der Waals surface area contributed by atoms with Gasteiger partial charge in [-0.05, 0) is 30.7 Å². The molecule has 3 rings (SSSR count). The van der Waals surface area contributed by atoms with Crippen molar-refractivity contribution < 1.29 is 21.6 Å². The Labute approximate surface area is 174 Å². The number of aryl methyl sites for hydroxylation is 1. The number of anilines is 3. The van der Waals surface area contributed by atoms with E-state index < -0.39 is 22.1 Å². The van der Waals surface area contributed by atoms with Crippen LogP contribution in [0.2, 0.25) is 0 Å². The Morgan fingerprint density at radius 1 is 1.17 bits per heavy atom. The van der Waals surface area contributed by atoms with Gasteiger partial charge >= 0.3 is 15.5 Å². The van der Waals surface area contributed by atoms with E-state index >= 15 is 0 Å². The number of rotatable bonds is 7. The standard InChI is InChI=1S/C17H17F3N6O2S2/c1-10-14(29-16(21-2)24-10)13-6-7-22-15(26-13)25-12-5-3-4-11(8-12)9-23-30(27,28)17(18,19)20/h3-8,23H,9H2,1-2H3,(H,21,24)(H,22,25,26). The van der Waals surface area contributed by atoms with Gasteiger partial charge in [-0.25, -0.2) is 28.1 Å². The molecular weight excluding hydrogens is 441 g/mol. The van der Waals surface area contributed by atoms with Crippen LogP contribution in [0.1, 0.15) is 11.3 Å². The minimum absolute atomic E-state index is 0.277. The van der Waals surface area contributed by atoms with E-state index in [0.29, 0.717) is 16.9 Å². The Hall–Kier alpha value is -2.77. The van der Waals surface area contributed by atoms with Gasteiger partial charge in [0, 0.05) is 25.5 Å². The van der Waals surface area contributed by atoms with Gasteiger partial charge in [0.05, 0.1) is 16.3 Å². The van der Waals surface area contributed by atoms with Gasteiger partial charge < -0.3 is 10.6 Å². The topological polar surface area (TPSA) is 109 Å². The number of nitrogens with one attached hydrogen (secondary N) is 3. The van der Waals surface area contributed by atoms with Crippen LogP contribution < -0.4 is 15.4 Å². The number of alkyl halides is 3. The van der Waals surface area contributed by atoms with E-state index in [4.69, 9.17) is 0 Å². The van der Waals surface area contributed by atoms with Crippen molar-refractivity contribution in [2.24, 2.45) is 0 Å². The van der Waals surface area contributed by atoms with Crippen molar-refractivity contribution in [1.82, 2.24) is 19.7 Å². The molecule has 0 amide bonds. The lowest BCUT2D eigenvalue weighted by atomic mass is 10.2. The zero-order valence-corrected chi connectivity index (χ0v) is 17.4. The van der Waals surface area contributed by atoms with Gasteiger partial charge in [-0.2, -0.15) is 13.2 Å². The first-order chi connectivity index (χ1) is 14.1. The molecule has 13 heteroatoms. The van der Waals surface area contributed by atoms with Crippen molar-refractivity contribution in [2.45, 2.75) is 19.0 Å². The molecule has 1 aromatic carbocycles. The van der Waals surface area contributed by atoms with E-state index in [0.717, 1.165) is 15.7 Å². The lowest BCUT2D eigenvalue weighted by Crippen LogP contribution is -2.35. The summed E-state index contributed by atoms with van der Waals surface area (Å²) in [6.45, 7) is 1.36. The van der Waals surface area contributed by atoms with Gasteiger partial charge in [0.25, 0.3) is 0 Å². The molecule has 0 saturated heterocycles. The van der Waals surface area contributed by atoms with Crippen molar-refractivity contribution in [3.05, 3.63) is 47.8 Å². The second-order valence-electron chi connectivity index (χ2n) is 6.04. The third-order valence-electron chi connectivity index (χ3n) is 3.85. The fourth-order valence-corrected chi connectivity index (χ4v) is 3.84. The number of sulfonamides is 1.